The first kappa shape index (κ1) is 14.7. The van der Waals surface area contributed by atoms with Crippen molar-refractivity contribution in [2.75, 3.05) is 26.7 Å². The Morgan fingerprint density at radius 3 is 2.85 bits per heavy atom. The molecule has 1 aliphatic heterocycles. The molecule has 0 unspecified atom stereocenters. The molecule has 0 aromatic heterocycles. The summed E-state index contributed by atoms with van der Waals surface area (Å²) in [6.45, 7) is 2.83. The molecule has 0 saturated carbocycles. The molecule has 1 heterocycles. The standard InChI is InChI=1S/C15H22N2O3/c1-20-14-3-2-12(10-13(14)18)15(19)17-9-6-11-4-7-16-8-5-11/h2-3,10-11,16,18H,4-9H2,1H3,(H,17,19). The predicted octanol–water partition coefficient (Wildman–Crippen LogP) is 1.52. The number of nitrogens with one attached hydrogen (secondary N) is 2. The smallest absolute Gasteiger partial charge is 0.251 e. The first-order valence-electron chi connectivity index (χ1n) is 7.06. The van der Waals surface area contributed by atoms with Crippen molar-refractivity contribution in [3.8, 4) is 11.5 Å². The molecule has 5 heteroatoms. The number of carbonyl (C=O) groups excluding carboxylic acids is 1. The van der Waals surface area contributed by atoms with Crippen LogP contribution in [0.1, 0.15) is 29.6 Å². The van der Waals surface area contributed by atoms with E-state index in [0.29, 0.717) is 23.8 Å². The number of amides is 1. The SMILES string of the molecule is COc1ccc(C(=O)NCCC2CCNCC2)cc1O. The molecule has 0 radical (unpaired) electrons. The fourth-order valence-corrected chi connectivity index (χ4v) is 2.49. The number of aromatic hydroxyl groups is 1. The number of hydrogen-bond acceptors (Lipinski definition) is 4. The number of benzene rings is 1. The molecule has 0 aliphatic carbocycles. The van der Waals surface area contributed by atoms with Crippen LogP contribution in [0.5, 0.6) is 11.5 Å². The van der Waals surface area contributed by atoms with E-state index >= 15 is 0 Å². The maximum Gasteiger partial charge on any atom is 0.251 e. The largest absolute Gasteiger partial charge is 0.504 e. The van der Waals surface area contributed by atoms with Gasteiger partial charge in [0.1, 0.15) is 0 Å². The Kier molecular flexibility index (Phi) is 5.24. The molecular weight excluding hydrogens is 256 g/mol. The van der Waals surface area contributed by atoms with Crippen LogP contribution in [0, 0.1) is 5.92 Å². The number of carbonyl (C=O) groups is 1. The van der Waals surface area contributed by atoms with Crippen molar-refractivity contribution in [1.29, 1.82) is 0 Å². The Bertz CT molecular complexity index is 456. The van der Waals surface area contributed by atoms with E-state index in [-0.39, 0.29) is 11.7 Å². The monoisotopic (exact) mass is 278 g/mol. The molecule has 1 saturated heterocycles. The van der Waals surface area contributed by atoms with E-state index < -0.39 is 0 Å². The quantitative estimate of drug-likeness (QED) is 0.764. The second-order valence-corrected chi connectivity index (χ2v) is 5.12. The average molecular weight is 278 g/mol. The molecule has 1 aromatic carbocycles. The van der Waals surface area contributed by atoms with Crippen LogP contribution in [0.15, 0.2) is 18.2 Å². The van der Waals surface area contributed by atoms with Gasteiger partial charge in [0.25, 0.3) is 5.91 Å². The molecule has 110 valence electrons. The minimum absolute atomic E-state index is 0.0153. The highest BCUT2D eigenvalue weighted by atomic mass is 16.5. The lowest BCUT2D eigenvalue weighted by Gasteiger charge is -2.22. The van der Waals surface area contributed by atoms with Gasteiger partial charge < -0.3 is 20.5 Å². The molecule has 2 rings (SSSR count). The maximum atomic E-state index is 12.0. The molecule has 1 aliphatic rings. The lowest BCUT2D eigenvalue weighted by atomic mass is 9.95. The first-order chi connectivity index (χ1) is 9.70. The number of hydrogen-bond donors (Lipinski definition) is 3. The summed E-state index contributed by atoms with van der Waals surface area (Å²) in [6, 6.07) is 4.67. The van der Waals surface area contributed by atoms with Crippen molar-refractivity contribution in [1.82, 2.24) is 10.6 Å². The van der Waals surface area contributed by atoms with Gasteiger partial charge in [-0.2, -0.15) is 0 Å². The zero-order chi connectivity index (χ0) is 14.4. The lowest BCUT2D eigenvalue weighted by Crippen LogP contribution is -2.31. The van der Waals surface area contributed by atoms with E-state index in [1.165, 1.54) is 26.0 Å². The van der Waals surface area contributed by atoms with Gasteiger partial charge in [-0.3, -0.25) is 4.79 Å². The normalized spacial score (nSPS) is 15.8. The third kappa shape index (κ3) is 3.87. The molecule has 1 amide bonds. The van der Waals surface area contributed by atoms with Gasteiger partial charge in [-0.05, 0) is 56.5 Å². The molecular formula is C15H22N2O3. The third-order valence-corrected chi connectivity index (χ3v) is 3.74. The van der Waals surface area contributed by atoms with Crippen molar-refractivity contribution in [2.45, 2.75) is 19.3 Å². The zero-order valence-corrected chi connectivity index (χ0v) is 11.8. The lowest BCUT2D eigenvalue weighted by molar-refractivity contribution is 0.0950. The van der Waals surface area contributed by atoms with Crippen LogP contribution in [0.2, 0.25) is 0 Å². The summed E-state index contributed by atoms with van der Waals surface area (Å²) in [5.74, 6) is 0.896. The predicted molar refractivity (Wildman–Crippen MR) is 77.2 cm³/mol. The van der Waals surface area contributed by atoms with Crippen molar-refractivity contribution < 1.29 is 14.6 Å². The summed E-state index contributed by atoms with van der Waals surface area (Å²) in [4.78, 5) is 12.0. The summed E-state index contributed by atoms with van der Waals surface area (Å²) >= 11 is 0. The van der Waals surface area contributed by atoms with Gasteiger partial charge in [-0.25, -0.2) is 0 Å². The number of phenols is 1. The number of ether oxygens (including phenoxy) is 1. The Labute approximate surface area is 119 Å². The van der Waals surface area contributed by atoms with E-state index in [9.17, 15) is 9.90 Å². The topological polar surface area (TPSA) is 70.6 Å². The highest BCUT2D eigenvalue weighted by molar-refractivity contribution is 5.94. The van der Waals surface area contributed by atoms with Gasteiger partial charge in [0.2, 0.25) is 0 Å². The molecule has 3 N–H and O–H groups in total. The van der Waals surface area contributed by atoms with E-state index in [4.69, 9.17) is 4.74 Å². The van der Waals surface area contributed by atoms with Crippen LogP contribution in [-0.4, -0.2) is 37.8 Å². The van der Waals surface area contributed by atoms with Gasteiger partial charge in [-0.1, -0.05) is 0 Å². The van der Waals surface area contributed by atoms with Crippen LogP contribution in [0.4, 0.5) is 0 Å². The van der Waals surface area contributed by atoms with E-state index in [1.807, 2.05) is 0 Å². The average Bonchev–Trinajstić information content (AvgIpc) is 2.48. The number of rotatable bonds is 5. The van der Waals surface area contributed by atoms with E-state index in [2.05, 4.69) is 10.6 Å². The second-order valence-electron chi connectivity index (χ2n) is 5.12. The molecule has 0 atom stereocenters. The Morgan fingerprint density at radius 2 is 2.20 bits per heavy atom. The Hall–Kier alpha value is -1.75. The Balaban J connectivity index is 1.80. The van der Waals surface area contributed by atoms with Crippen LogP contribution < -0.4 is 15.4 Å². The van der Waals surface area contributed by atoms with Crippen LogP contribution in [0.25, 0.3) is 0 Å². The highest BCUT2D eigenvalue weighted by Crippen LogP contribution is 2.26. The van der Waals surface area contributed by atoms with Crippen molar-refractivity contribution in [3.63, 3.8) is 0 Å². The zero-order valence-electron chi connectivity index (χ0n) is 11.8. The van der Waals surface area contributed by atoms with Gasteiger partial charge in [0, 0.05) is 12.1 Å². The van der Waals surface area contributed by atoms with E-state index in [0.717, 1.165) is 19.5 Å². The van der Waals surface area contributed by atoms with Crippen LogP contribution >= 0.6 is 0 Å². The maximum absolute atomic E-state index is 12.0. The van der Waals surface area contributed by atoms with Crippen molar-refractivity contribution in [3.05, 3.63) is 23.8 Å². The molecule has 20 heavy (non-hydrogen) atoms. The molecule has 1 fully saturated rings. The van der Waals surface area contributed by atoms with Gasteiger partial charge >= 0.3 is 0 Å². The summed E-state index contributed by atoms with van der Waals surface area (Å²) in [6.07, 6.45) is 3.37. The Morgan fingerprint density at radius 1 is 1.45 bits per heavy atom. The first-order valence-corrected chi connectivity index (χ1v) is 7.06. The molecule has 5 nitrogen and oxygen atoms in total. The highest BCUT2D eigenvalue weighted by Gasteiger charge is 2.14. The fraction of sp³-hybridized carbons (Fsp3) is 0.533. The summed E-state index contributed by atoms with van der Waals surface area (Å²) in [7, 11) is 1.48. The summed E-state index contributed by atoms with van der Waals surface area (Å²) in [5.41, 5.74) is 0.452. The molecule has 1 aromatic rings. The fourth-order valence-electron chi connectivity index (χ4n) is 2.49. The molecule has 0 bridgehead atoms. The molecule has 0 spiro atoms. The van der Waals surface area contributed by atoms with Crippen LogP contribution in [0.3, 0.4) is 0 Å². The van der Waals surface area contributed by atoms with E-state index in [1.54, 1.807) is 12.1 Å². The van der Waals surface area contributed by atoms with Gasteiger partial charge in [-0.15, -0.1) is 0 Å². The summed E-state index contributed by atoms with van der Waals surface area (Å²) < 4.78 is 4.95. The number of piperidine rings is 1. The van der Waals surface area contributed by atoms with Gasteiger partial charge in [0.15, 0.2) is 11.5 Å². The second kappa shape index (κ2) is 7.14. The third-order valence-electron chi connectivity index (χ3n) is 3.74. The number of methoxy groups -OCH3 is 1. The minimum atomic E-state index is -0.156. The number of phenolic OH excluding ortho intramolecular Hbond substituents is 1. The van der Waals surface area contributed by atoms with Gasteiger partial charge in [0.05, 0.1) is 7.11 Å². The van der Waals surface area contributed by atoms with Crippen molar-refractivity contribution >= 4 is 5.91 Å². The van der Waals surface area contributed by atoms with Crippen molar-refractivity contribution in [2.24, 2.45) is 5.92 Å². The minimum Gasteiger partial charge on any atom is -0.504 e. The summed E-state index contributed by atoms with van der Waals surface area (Å²) in [5, 5.41) is 15.9. The van der Waals surface area contributed by atoms with Crippen LogP contribution in [-0.2, 0) is 0 Å².